The van der Waals surface area contributed by atoms with Gasteiger partial charge >= 0.3 is 6.18 Å². The highest BCUT2D eigenvalue weighted by atomic mass is 35.5. The Morgan fingerprint density at radius 2 is 1.89 bits per heavy atom. The van der Waals surface area contributed by atoms with Crippen LogP contribution in [0.2, 0.25) is 5.02 Å². The van der Waals surface area contributed by atoms with Gasteiger partial charge in [0.05, 0.1) is 13.2 Å². The Morgan fingerprint density at radius 3 is 2.52 bits per heavy atom. The number of hydrogen-bond donors (Lipinski definition) is 1. The summed E-state index contributed by atoms with van der Waals surface area (Å²) in [5.41, 5.74) is 0.988. The van der Waals surface area contributed by atoms with E-state index in [9.17, 15) is 22.8 Å². The van der Waals surface area contributed by atoms with Crippen molar-refractivity contribution < 1.29 is 27.5 Å². The van der Waals surface area contributed by atoms with E-state index in [0.29, 0.717) is 31.2 Å². The van der Waals surface area contributed by atoms with Crippen molar-refractivity contribution in [3.8, 4) is 0 Å². The van der Waals surface area contributed by atoms with Gasteiger partial charge in [-0.15, -0.1) is 0 Å². The van der Waals surface area contributed by atoms with Crippen molar-refractivity contribution in [2.24, 2.45) is 0 Å². The summed E-state index contributed by atoms with van der Waals surface area (Å²) in [4.78, 5) is 27.5. The minimum absolute atomic E-state index is 0.185. The maximum atomic E-state index is 12.2. The molecule has 0 radical (unpaired) electrons. The Bertz CT molecular complexity index is 650. The Kier molecular flexibility index (Phi) is 7.73. The molecule has 1 N–H and O–H groups in total. The number of hydrogen-bond acceptors (Lipinski definition) is 4. The molecule has 0 aromatic heterocycles. The van der Waals surface area contributed by atoms with E-state index in [0.717, 1.165) is 5.69 Å². The van der Waals surface area contributed by atoms with Crippen LogP contribution in [0.4, 0.5) is 18.9 Å². The van der Waals surface area contributed by atoms with Crippen LogP contribution in [0.1, 0.15) is 6.42 Å². The van der Waals surface area contributed by atoms with Gasteiger partial charge in [-0.05, 0) is 18.2 Å². The third kappa shape index (κ3) is 7.64. The summed E-state index contributed by atoms with van der Waals surface area (Å²) >= 11 is 5.99. The number of nitrogens with zero attached hydrogens (tertiary/aromatic N) is 2. The number of piperazine rings is 1. The molecule has 0 aliphatic carbocycles. The summed E-state index contributed by atoms with van der Waals surface area (Å²) in [6, 6.07) is 7.47. The fourth-order valence-corrected chi connectivity index (χ4v) is 2.80. The fraction of sp³-hybridized carbons (Fsp3) is 0.529. The third-order valence-corrected chi connectivity index (χ3v) is 4.22. The monoisotopic (exact) mass is 407 g/mol. The average Bonchev–Trinajstić information content (AvgIpc) is 2.62. The van der Waals surface area contributed by atoms with E-state index < -0.39 is 18.7 Å². The fourth-order valence-electron chi connectivity index (χ4n) is 2.61. The van der Waals surface area contributed by atoms with Gasteiger partial charge in [0, 0.05) is 43.3 Å². The molecule has 0 atom stereocenters. The molecule has 0 unspecified atom stereocenters. The van der Waals surface area contributed by atoms with Crippen LogP contribution in [0.15, 0.2) is 24.3 Å². The van der Waals surface area contributed by atoms with Crippen molar-refractivity contribution in [2.75, 3.05) is 50.8 Å². The van der Waals surface area contributed by atoms with Crippen LogP contribution in [-0.2, 0) is 14.3 Å². The zero-order valence-electron chi connectivity index (χ0n) is 14.6. The van der Waals surface area contributed by atoms with Gasteiger partial charge in [0.2, 0.25) is 11.8 Å². The second kappa shape index (κ2) is 9.80. The molecule has 6 nitrogen and oxygen atoms in total. The van der Waals surface area contributed by atoms with Gasteiger partial charge in [-0.25, -0.2) is 0 Å². The van der Waals surface area contributed by atoms with Crippen molar-refractivity contribution in [1.82, 2.24) is 10.2 Å². The van der Waals surface area contributed by atoms with E-state index in [2.05, 4.69) is 15.0 Å². The van der Waals surface area contributed by atoms with Crippen molar-refractivity contribution in [3.05, 3.63) is 29.3 Å². The zero-order valence-corrected chi connectivity index (χ0v) is 15.4. The van der Waals surface area contributed by atoms with Gasteiger partial charge in [-0.3, -0.25) is 9.59 Å². The molecule has 0 spiro atoms. The molecular weight excluding hydrogens is 387 g/mol. The van der Waals surface area contributed by atoms with Crippen LogP contribution in [-0.4, -0.2) is 68.8 Å². The van der Waals surface area contributed by atoms with Crippen molar-refractivity contribution in [1.29, 1.82) is 0 Å². The van der Waals surface area contributed by atoms with Crippen LogP contribution in [0, 0.1) is 0 Å². The summed E-state index contributed by atoms with van der Waals surface area (Å²) in [5.74, 6) is -0.756. The highest BCUT2D eigenvalue weighted by Crippen LogP contribution is 2.20. The van der Waals surface area contributed by atoms with Gasteiger partial charge < -0.3 is 19.9 Å². The van der Waals surface area contributed by atoms with E-state index in [1.807, 2.05) is 18.2 Å². The Balaban J connectivity index is 1.65. The normalized spacial score (nSPS) is 15.0. The first-order valence-electron chi connectivity index (χ1n) is 8.44. The van der Waals surface area contributed by atoms with Gasteiger partial charge in [0.15, 0.2) is 0 Å². The lowest BCUT2D eigenvalue weighted by molar-refractivity contribution is -0.174. The van der Waals surface area contributed by atoms with Crippen molar-refractivity contribution in [3.63, 3.8) is 0 Å². The lowest BCUT2D eigenvalue weighted by Crippen LogP contribution is -2.51. The Hall–Kier alpha value is -2.00. The lowest BCUT2D eigenvalue weighted by Gasteiger charge is -2.36. The van der Waals surface area contributed by atoms with E-state index in [1.54, 1.807) is 11.0 Å². The quantitative estimate of drug-likeness (QED) is 0.703. The third-order valence-electron chi connectivity index (χ3n) is 3.98. The molecule has 10 heteroatoms. The minimum Gasteiger partial charge on any atom is -0.372 e. The molecule has 0 saturated carbocycles. The van der Waals surface area contributed by atoms with Gasteiger partial charge in [0.1, 0.15) is 6.61 Å². The molecule has 27 heavy (non-hydrogen) atoms. The largest absolute Gasteiger partial charge is 0.411 e. The van der Waals surface area contributed by atoms with Crippen LogP contribution >= 0.6 is 11.6 Å². The topological polar surface area (TPSA) is 61.9 Å². The second-order valence-corrected chi connectivity index (χ2v) is 6.48. The Labute approximate surface area is 160 Å². The average molecular weight is 408 g/mol. The van der Waals surface area contributed by atoms with Gasteiger partial charge in [0.25, 0.3) is 0 Å². The molecule has 2 amide bonds. The molecular formula is C17H21ClF3N3O3. The van der Waals surface area contributed by atoms with E-state index in [4.69, 9.17) is 11.6 Å². The lowest BCUT2D eigenvalue weighted by atomic mass is 10.2. The Morgan fingerprint density at radius 1 is 1.19 bits per heavy atom. The number of benzene rings is 1. The summed E-state index contributed by atoms with van der Waals surface area (Å²) in [6.45, 7) is 0.381. The molecule has 0 bridgehead atoms. The number of halogens is 4. The molecule has 1 heterocycles. The van der Waals surface area contributed by atoms with Crippen LogP contribution in [0.25, 0.3) is 0 Å². The number of ether oxygens (including phenoxy) is 1. The van der Waals surface area contributed by atoms with E-state index in [-0.39, 0.29) is 25.5 Å². The SMILES string of the molecule is O=C(CCOCC(F)(F)F)NCC(=O)N1CCN(c2cccc(Cl)c2)CC1. The maximum absolute atomic E-state index is 12.2. The molecule has 1 aromatic carbocycles. The molecule has 1 saturated heterocycles. The number of rotatable bonds is 7. The first kappa shape index (κ1) is 21.3. The molecule has 1 fully saturated rings. The number of nitrogens with one attached hydrogen (secondary N) is 1. The molecule has 150 valence electrons. The zero-order chi connectivity index (χ0) is 19.9. The van der Waals surface area contributed by atoms with Crippen molar-refractivity contribution in [2.45, 2.75) is 12.6 Å². The minimum atomic E-state index is -4.42. The van der Waals surface area contributed by atoms with Crippen molar-refractivity contribution >= 4 is 29.1 Å². The number of anilines is 1. The number of amides is 2. The van der Waals surface area contributed by atoms with Crippen LogP contribution < -0.4 is 10.2 Å². The number of carbonyl (C=O) groups excluding carboxylic acids is 2. The first-order chi connectivity index (χ1) is 12.7. The van der Waals surface area contributed by atoms with E-state index >= 15 is 0 Å². The predicted octanol–water partition coefficient (Wildman–Crippen LogP) is 2.07. The molecule has 2 rings (SSSR count). The smallest absolute Gasteiger partial charge is 0.372 e. The standard InChI is InChI=1S/C17H21ClF3N3O3/c18-13-2-1-3-14(10-13)23-5-7-24(8-6-23)16(26)11-22-15(25)4-9-27-12-17(19,20)21/h1-3,10H,4-9,11-12H2,(H,22,25). The summed E-state index contributed by atoms with van der Waals surface area (Å²) in [6.07, 6.45) is -4.65. The first-order valence-corrected chi connectivity index (χ1v) is 8.82. The maximum Gasteiger partial charge on any atom is 0.411 e. The second-order valence-electron chi connectivity index (χ2n) is 6.04. The molecule has 1 aliphatic rings. The highest BCUT2D eigenvalue weighted by Gasteiger charge is 2.27. The summed E-state index contributed by atoms with van der Waals surface area (Å²) in [5, 5.41) is 3.05. The summed E-state index contributed by atoms with van der Waals surface area (Å²) in [7, 11) is 0. The van der Waals surface area contributed by atoms with Crippen LogP contribution in [0.5, 0.6) is 0 Å². The van der Waals surface area contributed by atoms with Gasteiger partial charge in [-0.1, -0.05) is 17.7 Å². The number of carbonyl (C=O) groups is 2. The van der Waals surface area contributed by atoms with E-state index in [1.165, 1.54) is 0 Å². The van der Waals surface area contributed by atoms with Gasteiger partial charge in [-0.2, -0.15) is 13.2 Å². The van der Waals surface area contributed by atoms with Crippen LogP contribution in [0.3, 0.4) is 0 Å². The molecule has 1 aliphatic heterocycles. The highest BCUT2D eigenvalue weighted by molar-refractivity contribution is 6.30. The summed E-state index contributed by atoms with van der Waals surface area (Å²) < 4.78 is 40.1. The number of alkyl halides is 3. The predicted molar refractivity (Wildman–Crippen MR) is 94.7 cm³/mol. The molecule has 1 aromatic rings.